The lowest BCUT2D eigenvalue weighted by atomic mass is 10.1. The molecule has 106 valence electrons. The molecule has 1 aromatic carbocycles. The van der Waals surface area contributed by atoms with Crippen molar-refractivity contribution in [1.82, 2.24) is 15.3 Å². The van der Waals surface area contributed by atoms with Gasteiger partial charge in [0.2, 0.25) is 5.91 Å². The molecule has 1 unspecified atom stereocenters. The van der Waals surface area contributed by atoms with E-state index >= 15 is 0 Å². The number of hydrogen-bond acceptors (Lipinski definition) is 3. The van der Waals surface area contributed by atoms with Crippen molar-refractivity contribution in [2.24, 2.45) is 0 Å². The van der Waals surface area contributed by atoms with Gasteiger partial charge >= 0.3 is 0 Å². The maximum Gasteiger partial charge on any atom is 0.224 e. The van der Waals surface area contributed by atoms with Crippen LogP contribution in [0.4, 0.5) is 0 Å². The number of nitrogens with one attached hydrogen (secondary N) is 2. The van der Waals surface area contributed by atoms with Crippen LogP contribution in [-0.2, 0) is 11.2 Å². The molecule has 2 aromatic rings. The second-order valence-electron chi connectivity index (χ2n) is 4.74. The summed E-state index contributed by atoms with van der Waals surface area (Å²) in [5, 5.41) is 2.91. The van der Waals surface area contributed by atoms with Crippen molar-refractivity contribution in [2.45, 2.75) is 26.3 Å². The smallest absolute Gasteiger partial charge is 0.224 e. The second-order valence-corrected chi connectivity index (χ2v) is 4.74. The van der Waals surface area contributed by atoms with Crippen molar-refractivity contribution in [3.8, 4) is 5.75 Å². The molecular formula is C15H19N3O2. The van der Waals surface area contributed by atoms with Gasteiger partial charge in [0.1, 0.15) is 11.6 Å². The molecule has 0 aliphatic carbocycles. The van der Waals surface area contributed by atoms with E-state index < -0.39 is 0 Å². The number of hydrogen-bond donors (Lipinski definition) is 2. The third-order valence-corrected chi connectivity index (χ3v) is 3.14. The van der Waals surface area contributed by atoms with Crippen molar-refractivity contribution in [3.05, 3.63) is 47.5 Å². The van der Waals surface area contributed by atoms with E-state index in [-0.39, 0.29) is 11.9 Å². The molecule has 0 spiro atoms. The quantitative estimate of drug-likeness (QED) is 0.877. The van der Waals surface area contributed by atoms with Gasteiger partial charge < -0.3 is 15.0 Å². The van der Waals surface area contributed by atoms with Crippen molar-refractivity contribution >= 4 is 5.91 Å². The highest BCUT2D eigenvalue weighted by molar-refractivity contribution is 5.79. The molecule has 0 bridgehead atoms. The van der Waals surface area contributed by atoms with Crippen LogP contribution in [0.3, 0.4) is 0 Å². The summed E-state index contributed by atoms with van der Waals surface area (Å²) in [6.45, 7) is 3.87. The Morgan fingerprint density at radius 1 is 1.50 bits per heavy atom. The Morgan fingerprint density at radius 2 is 2.30 bits per heavy atom. The van der Waals surface area contributed by atoms with E-state index in [9.17, 15) is 4.79 Å². The summed E-state index contributed by atoms with van der Waals surface area (Å²) in [5.74, 6) is 1.51. The Bertz CT molecular complexity index is 579. The van der Waals surface area contributed by atoms with E-state index in [1.807, 2.05) is 32.0 Å². The largest absolute Gasteiger partial charge is 0.496 e. The zero-order chi connectivity index (χ0) is 14.5. The Hall–Kier alpha value is -2.30. The predicted octanol–water partition coefficient (Wildman–Crippen LogP) is 2.15. The highest BCUT2D eigenvalue weighted by Crippen LogP contribution is 2.19. The molecule has 0 aliphatic rings. The first kappa shape index (κ1) is 14.1. The highest BCUT2D eigenvalue weighted by Gasteiger charge is 2.12. The van der Waals surface area contributed by atoms with Gasteiger partial charge in [0.05, 0.1) is 19.6 Å². The van der Waals surface area contributed by atoms with Crippen LogP contribution < -0.4 is 10.1 Å². The molecule has 5 nitrogen and oxygen atoms in total. The van der Waals surface area contributed by atoms with Gasteiger partial charge in [-0.2, -0.15) is 0 Å². The summed E-state index contributed by atoms with van der Waals surface area (Å²) in [4.78, 5) is 19.1. The van der Waals surface area contributed by atoms with Gasteiger partial charge in [0, 0.05) is 12.4 Å². The van der Waals surface area contributed by atoms with Crippen LogP contribution in [0.2, 0.25) is 0 Å². The molecule has 0 saturated heterocycles. The molecule has 1 amide bonds. The third kappa shape index (κ3) is 3.38. The summed E-state index contributed by atoms with van der Waals surface area (Å²) in [6, 6.07) is 5.66. The van der Waals surface area contributed by atoms with Crippen molar-refractivity contribution in [1.29, 1.82) is 0 Å². The molecule has 0 aliphatic heterocycles. The lowest BCUT2D eigenvalue weighted by molar-refractivity contribution is -0.121. The van der Waals surface area contributed by atoms with Gasteiger partial charge in [-0.3, -0.25) is 4.79 Å². The SMILES string of the molecule is COc1cc(CC(=O)NC(C)c2ncc[nH]2)ccc1C. The Kier molecular flexibility index (Phi) is 4.40. The summed E-state index contributed by atoms with van der Waals surface area (Å²) >= 11 is 0. The molecule has 1 atom stereocenters. The van der Waals surface area contributed by atoms with E-state index in [0.717, 1.165) is 22.7 Å². The third-order valence-electron chi connectivity index (χ3n) is 3.14. The Labute approximate surface area is 118 Å². The fourth-order valence-corrected chi connectivity index (χ4v) is 2.03. The van der Waals surface area contributed by atoms with Crippen LogP contribution in [0.5, 0.6) is 5.75 Å². The summed E-state index contributed by atoms with van der Waals surface area (Å²) in [6.07, 6.45) is 3.73. The molecule has 5 heteroatoms. The van der Waals surface area contributed by atoms with E-state index in [4.69, 9.17) is 4.74 Å². The number of aromatic amines is 1. The normalized spacial score (nSPS) is 11.9. The van der Waals surface area contributed by atoms with Crippen molar-refractivity contribution in [3.63, 3.8) is 0 Å². The van der Waals surface area contributed by atoms with Crippen LogP contribution in [0, 0.1) is 6.92 Å². The van der Waals surface area contributed by atoms with Gasteiger partial charge in [-0.1, -0.05) is 12.1 Å². The summed E-state index contributed by atoms with van der Waals surface area (Å²) in [7, 11) is 1.63. The zero-order valence-electron chi connectivity index (χ0n) is 11.9. The zero-order valence-corrected chi connectivity index (χ0v) is 11.9. The minimum absolute atomic E-state index is 0.0418. The highest BCUT2D eigenvalue weighted by atomic mass is 16.5. The van der Waals surface area contributed by atoms with Gasteiger partial charge in [-0.05, 0) is 31.0 Å². The topological polar surface area (TPSA) is 67.0 Å². The fraction of sp³-hybridized carbons (Fsp3) is 0.333. The van der Waals surface area contributed by atoms with Crippen LogP contribution in [-0.4, -0.2) is 23.0 Å². The molecule has 20 heavy (non-hydrogen) atoms. The number of benzene rings is 1. The number of carbonyl (C=O) groups excluding carboxylic acids is 1. The number of aryl methyl sites for hydroxylation is 1. The summed E-state index contributed by atoms with van der Waals surface area (Å²) < 4.78 is 5.26. The number of nitrogens with zero attached hydrogens (tertiary/aromatic N) is 1. The van der Waals surface area contributed by atoms with Gasteiger partial charge in [-0.15, -0.1) is 0 Å². The number of carbonyl (C=O) groups is 1. The van der Waals surface area contributed by atoms with Crippen molar-refractivity contribution < 1.29 is 9.53 Å². The molecule has 0 fully saturated rings. The first-order valence-corrected chi connectivity index (χ1v) is 6.52. The first-order valence-electron chi connectivity index (χ1n) is 6.52. The summed E-state index contributed by atoms with van der Waals surface area (Å²) in [5.41, 5.74) is 1.98. The average molecular weight is 273 g/mol. The number of rotatable bonds is 5. The van der Waals surface area contributed by atoms with Crippen LogP contribution in [0.25, 0.3) is 0 Å². The molecule has 0 radical (unpaired) electrons. The molecule has 1 heterocycles. The number of H-pyrrole nitrogens is 1. The van der Waals surface area contributed by atoms with E-state index in [1.165, 1.54) is 0 Å². The minimum atomic E-state index is -0.134. The number of aromatic nitrogens is 2. The molecule has 2 N–H and O–H groups in total. The van der Waals surface area contributed by atoms with Gasteiger partial charge in [-0.25, -0.2) is 4.98 Å². The standard InChI is InChI=1S/C15H19N3O2/c1-10-4-5-12(8-13(10)20-3)9-14(19)18-11(2)15-16-6-7-17-15/h4-8,11H,9H2,1-3H3,(H,16,17)(H,18,19). The number of methoxy groups -OCH3 is 1. The van der Waals surface area contributed by atoms with Crippen LogP contribution in [0.15, 0.2) is 30.6 Å². The first-order chi connectivity index (χ1) is 9.60. The van der Waals surface area contributed by atoms with Crippen molar-refractivity contribution in [2.75, 3.05) is 7.11 Å². The van der Waals surface area contributed by atoms with Crippen LogP contribution in [0.1, 0.15) is 29.9 Å². The lowest BCUT2D eigenvalue weighted by Gasteiger charge is -2.12. The Morgan fingerprint density at radius 3 is 2.95 bits per heavy atom. The van der Waals surface area contributed by atoms with E-state index in [0.29, 0.717) is 6.42 Å². The molecule has 2 rings (SSSR count). The monoisotopic (exact) mass is 273 g/mol. The second kappa shape index (κ2) is 6.23. The van der Waals surface area contributed by atoms with E-state index in [1.54, 1.807) is 19.5 Å². The average Bonchev–Trinajstić information content (AvgIpc) is 2.95. The lowest BCUT2D eigenvalue weighted by Crippen LogP contribution is -2.28. The number of ether oxygens (including phenoxy) is 1. The van der Waals surface area contributed by atoms with E-state index in [2.05, 4.69) is 15.3 Å². The maximum absolute atomic E-state index is 12.0. The number of imidazole rings is 1. The minimum Gasteiger partial charge on any atom is -0.496 e. The van der Waals surface area contributed by atoms with Gasteiger partial charge in [0.15, 0.2) is 0 Å². The Balaban J connectivity index is 1.98. The molecular weight excluding hydrogens is 254 g/mol. The van der Waals surface area contributed by atoms with Crippen LogP contribution >= 0.6 is 0 Å². The fourth-order valence-electron chi connectivity index (χ4n) is 2.03. The maximum atomic E-state index is 12.0. The number of amides is 1. The van der Waals surface area contributed by atoms with Gasteiger partial charge in [0.25, 0.3) is 0 Å². The molecule has 1 aromatic heterocycles. The predicted molar refractivity (Wildman–Crippen MR) is 76.6 cm³/mol. The molecule has 0 saturated carbocycles.